The molecule has 7 heteroatoms. The number of rotatable bonds is 4. The van der Waals surface area contributed by atoms with Gasteiger partial charge in [-0.3, -0.25) is 14.4 Å². The summed E-state index contributed by atoms with van der Waals surface area (Å²) in [6.45, 7) is 1.63. The number of nitrogens with zero attached hydrogens (tertiary/aromatic N) is 1. The molecular weight excluding hydrogens is 359 g/mol. The highest BCUT2D eigenvalue weighted by Crippen LogP contribution is 2.29. The van der Waals surface area contributed by atoms with Gasteiger partial charge in [-0.1, -0.05) is 23.7 Å². The second-order valence-corrected chi connectivity index (χ2v) is 6.54. The number of carbonyl (C=O) groups excluding carboxylic acids is 3. The minimum atomic E-state index is -0.568. The first-order valence-electron chi connectivity index (χ1n) is 8.02. The Labute approximate surface area is 154 Å². The number of hydrogen-bond acceptors (Lipinski definition) is 3. The maximum atomic E-state index is 13.3. The molecule has 2 amide bonds. The Morgan fingerprint density at radius 3 is 2.69 bits per heavy atom. The SMILES string of the molecule is CC(=O)c1cccc(NC(=O)C2CC(=O)N(c3ccc(F)c(Cl)c3)C2)c1. The summed E-state index contributed by atoms with van der Waals surface area (Å²) in [6, 6.07) is 10.6. The summed E-state index contributed by atoms with van der Waals surface area (Å²) >= 11 is 5.77. The molecule has 2 aromatic carbocycles. The Morgan fingerprint density at radius 2 is 2.00 bits per heavy atom. The minimum absolute atomic E-state index is 0.0488. The lowest BCUT2D eigenvalue weighted by atomic mass is 10.1. The van der Waals surface area contributed by atoms with Crippen LogP contribution in [0.15, 0.2) is 42.5 Å². The van der Waals surface area contributed by atoms with Crippen LogP contribution in [0.4, 0.5) is 15.8 Å². The van der Waals surface area contributed by atoms with Crippen LogP contribution in [0.3, 0.4) is 0 Å². The molecule has 1 N–H and O–H groups in total. The van der Waals surface area contributed by atoms with Crippen LogP contribution in [-0.2, 0) is 9.59 Å². The molecule has 3 rings (SSSR count). The predicted octanol–water partition coefficient (Wildman–Crippen LogP) is 3.67. The van der Waals surface area contributed by atoms with E-state index in [2.05, 4.69) is 5.32 Å². The number of carbonyl (C=O) groups is 3. The van der Waals surface area contributed by atoms with E-state index in [1.54, 1.807) is 24.3 Å². The molecule has 0 radical (unpaired) electrons. The number of benzene rings is 2. The molecule has 26 heavy (non-hydrogen) atoms. The lowest BCUT2D eigenvalue weighted by Gasteiger charge is -2.17. The van der Waals surface area contributed by atoms with Crippen LogP contribution in [0, 0.1) is 11.7 Å². The number of amides is 2. The third-order valence-electron chi connectivity index (χ3n) is 4.25. The van der Waals surface area contributed by atoms with Gasteiger partial charge in [-0.15, -0.1) is 0 Å². The van der Waals surface area contributed by atoms with Gasteiger partial charge in [0.15, 0.2) is 5.78 Å². The van der Waals surface area contributed by atoms with E-state index in [4.69, 9.17) is 11.6 Å². The van der Waals surface area contributed by atoms with Crippen LogP contribution in [-0.4, -0.2) is 24.1 Å². The molecule has 1 atom stereocenters. The highest BCUT2D eigenvalue weighted by molar-refractivity contribution is 6.31. The van der Waals surface area contributed by atoms with Crippen LogP contribution in [0.25, 0.3) is 0 Å². The molecule has 1 saturated heterocycles. The molecule has 0 aliphatic carbocycles. The number of Topliss-reactive ketones (excluding diaryl/α,β-unsaturated/α-hetero) is 1. The molecule has 0 aromatic heterocycles. The van der Waals surface area contributed by atoms with Crippen molar-refractivity contribution in [3.63, 3.8) is 0 Å². The summed E-state index contributed by atoms with van der Waals surface area (Å²) in [5.41, 5.74) is 1.45. The summed E-state index contributed by atoms with van der Waals surface area (Å²) < 4.78 is 13.3. The minimum Gasteiger partial charge on any atom is -0.326 e. The first-order valence-corrected chi connectivity index (χ1v) is 8.40. The smallest absolute Gasteiger partial charge is 0.229 e. The topological polar surface area (TPSA) is 66.5 Å². The van der Waals surface area contributed by atoms with Gasteiger partial charge in [0, 0.05) is 29.9 Å². The van der Waals surface area contributed by atoms with Gasteiger partial charge < -0.3 is 10.2 Å². The summed E-state index contributed by atoms with van der Waals surface area (Å²) in [5, 5.41) is 2.66. The van der Waals surface area contributed by atoms with Crippen molar-refractivity contribution < 1.29 is 18.8 Å². The fraction of sp³-hybridized carbons (Fsp3) is 0.211. The lowest BCUT2D eigenvalue weighted by molar-refractivity contribution is -0.122. The van der Waals surface area contributed by atoms with Crippen molar-refractivity contribution in [2.75, 3.05) is 16.8 Å². The molecule has 1 fully saturated rings. The van der Waals surface area contributed by atoms with E-state index in [9.17, 15) is 18.8 Å². The highest BCUT2D eigenvalue weighted by Gasteiger charge is 2.35. The van der Waals surface area contributed by atoms with Crippen LogP contribution < -0.4 is 10.2 Å². The van der Waals surface area contributed by atoms with Crippen molar-refractivity contribution in [1.29, 1.82) is 0 Å². The standard InChI is InChI=1S/C19H16ClFN2O3/c1-11(24)12-3-2-4-14(7-12)22-19(26)13-8-18(25)23(10-13)15-5-6-17(21)16(20)9-15/h2-7,9,13H,8,10H2,1H3,(H,22,26). The number of hydrogen-bond donors (Lipinski definition) is 1. The van der Waals surface area contributed by atoms with Crippen molar-refractivity contribution >= 4 is 40.6 Å². The Balaban J connectivity index is 1.71. The molecule has 134 valence electrons. The average Bonchev–Trinajstić information content (AvgIpc) is 2.99. The van der Waals surface area contributed by atoms with E-state index in [0.717, 1.165) is 0 Å². The normalized spacial score (nSPS) is 16.7. The molecule has 1 heterocycles. The quantitative estimate of drug-likeness (QED) is 0.830. The highest BCUT2D eigenvalue weighted by atomic mass is 35.5. The van der Waals surface area contributed by atoms with Crippen LogP contribution in [0.2, 0.25) is 5.02 Å². The maximum Gasteiger partial charge on any atom is 0.229 e. The summed E-state index contributed by atoms with van der Waals surface area (Å²) in [5.74, 6) is -1.76. The first-order chi connectivity index (χ1) is 12.3. The number of ketones is 1. The Bertz CT molecular complexity index is 900. The zero-order chi connectivity index (χ0) is 18.8. The Morgan fingerprint density at radius 1 is 1.23 bits per heavy atom. The molecule has 0 saturated carbocycles. The second kappa shape index (κ2) is 7.25. The summed E-state index contributed by atoms with van der Waals surface area (Å²) in [4.78, 5) is 37.6. The largest absolute Gasteiger partial charge is 0.326 e. The van der Waals surface area contributed by atoms with Crippen LogP contribution >= 0.6 is 11.6 Å². The van der Waals surface area contributed by atoms with E-state index in [1.807, 2.05) is 0 Å². The molecule has 0 bridgehead atoms. The molecule has 1 aliphatic heterocycles. The van der Waals surface area contributed by atoms with Gasteiger partial charge in [0.25, 0.3) is 0 Å². The fourth-order valence-electron chi connectivity index (χ4n) is 2.85. The molecule has 1 unspecified atom stereocenters. The van der Waals surface area contributed by atoms with E-state index in [1.165, 1.54) is 30.0 Å². The van der Waals surface area contributed by atoms with Crippen molar-refractivity contribution in [3.8, 4) is 0 Å². The van der Waals surface area contributed by atoms with Crippen LogP contribution in [0.1, 0.15) is 23.7 Å². The maximum absolute atomic E-state index is 13.3. The molecule has 5 nitrogen and oxygen atoms in total. The van der Waals surface area contributed by atoms with Gasteiger partial charge in [0.1, 0.15) is 5.82 Å². The van der Waals surface area contributed by atoms with E-state index >= 15 is 0 Å². The molecule has 0 spiro atoms. The fourth-order valence-corrected chi connectivity index (χ4v) is 3.02. The Kier molecular flexibility index (Phi) is 5.04. The van der Waals surface area contributed by atoms with Gasteiger partial charge >= 0.3 is 0 Å². The van der Waals surface area contributed by atoms with Crippen molar-refractivity contribution in [2.24, 2.45) is 5.92 Å². The monoisotopic (exact) mass is 374 g/mol. The molecule has 1 aliphatic rings. The number of nitrogens with one attached hydrogen (secondary N) is 1. The number of anilines is 2. The summed E-state index contributed by atoms with van der Waals surface area (Å²) in [6.07, 6.45) is 0.0488. The van der Waals surface area contributed by atoms with E-state index < -0.39 is 11.7 Å². The van der Waals surface area contributed by atoms with Gasteiger partial charge in [-0.2, -0.15) is 0 Å². The van der Waals surface area contributed by atoms with E-state index in [-0.39, 0.29) is 35.6 Å². The zero-order valence-electron chi connectivity index (χ0n) is 14.0. The van der Waals surface area contributed by atoms with Gasteiger partial charge in [-0.05, 0) is 37.3 Å². The zero-order valence-corrected chi connectivity index (χ0v) is 14.7. The average molecular weight is 375 g/mol. The third-order valence-corrected chi connectivity index (χ3v) is 4.54. The van der Waals surface area contributed by atoms with Crippen molar-refractivity contribution in [1.82, 2.24) is 0 Å². The predicted molar refractivity (Wildman–Crippen MR) is 96.9 cm³/mol. The molecular formula is C19H16ClFN2O3. The van der Waals surface area contributed by atoms with Gasteiger partial charge in [0.05, 0.1) is 10.9 Å². The first kappa shape index (κ1) is 18.1. The van der Waals surface area contributed by atoms with Gasteiger partial charge in [-0.25, -0.2) is 4.39 Å². The van der Waals surface area contributed by atoms with Gasteiger partial charge in [0.2, 0.25) is 11.8 Å². The Hall–Kier alpha value is -2.73. The summed E-state index contributed by atoms with van der Waals surface area (Å²) in [7, 11) is 0. The second-order valence-electron chi connectivity index (χ2n) is 6.13. The van der Waals surface area contributed by atoms with Crippen LogP contribution in [0.5, 0.6) is 0 Å². The number of halogens is 2. The lowest BCUT2D eigenvalue weighted by Crippen LogP contribution is -2.28. The van der Waals surface area contributed by atoms with Crippen molar-refractivity contribution in [2.45, 2.75) is 13.3 Å². The van der Waals surface area contributed by atoms with E-state index in [0.29, 0.717) is 16.9 Å². The molecule has 2 aromatic rings. The third kappa shape index (κ3) is 3.75. The van der Waals surface area contributed by atoms with Crippen molar-refractivity contribution in [3.05, 3.63) is 58.9 Å².